The van der Waals surface area contributed by atoms with Crippen molar-refractivity contribution in [2.75, 3.05) is 18.0 Å². The van der Waals surface area contributed by atoms with E-state index < -0.39 is 27.7 Å². The van der Waals surface area contributed by atoms with Crippen LogP contribution >= 0.6 is 0 Å². The fraction of sp³-hybridized carbons (Fsp3) is 0.240. The second kappa shape index (κ2) is 10.4. The van der Waals surface area contributed by atoms with Crippen molar-refractivity contribution in [3.8, 4) is 0 Å². The van der Waals surface area contributed by atoms with E-state index in [0.717, 1.165) is 17.7 Å². The van der Waals surface area contributed by atoms with E-state index in [1.54, 1.807) is 43.3 Å². The number of benzene rings is 3. The average Bonchev–Trinajstić information content (AvgIpc) is 2.79. The summed E-state index contributed by atoms with van der Waals surface area (Å²) in [7, 11) is -3.75. The number of carbonyl (C=O) groups is 1. The summed E-state index contributed by atoms with van der Waals surface area (Å²) in [6.07, 6.45) is -4.37. The van der Waals surface area contributed by atoms with Crippen LogP contribution in [0.2, 0.25) is 0 Å². The zero-order chi connectivity index (χ0) is 24.9. The van der Waals surface area contributed by atoms with Gasteiger partial charge in [-0.05, 0) is 62.2 Å². The van der Waals surface area contributed by atoms with Crippen molar-refractivity contribution in [2.45, 2.75) is 31.3 Å². The molecule has 0 bridgehead atoms. The minimum absolute atomic E-state index is 0.00667. The highest BCUT2D eigenvalue weighted by molar-refractivity contribution is 7.89. The number of alkyl halides is 3. The smallest absolute Gasteiger partial charge is 0.308 e. The molecule has 1 amide bonds. The molecule has 0 radical (unpaired) electrons. The Balaban J connectivity index is 1.80. The summed E-state index contributed by atoms with van der Waals surface area (Å²) in [5.74, 6) is -0.459. The second-order valence-electron chi connectivity index (χ2n) is 7.88. The number of sulfonamides is 1. The highest BCUT2D eigenvalue weighted by Crippen LogP contribution is 2.32. The van der Waals surface area contributed by atoms with Crippen LogP contribution in [-0.4, -0.2) is 27.4 Å². The quantitative estimate of drug-likeness (QED) is 0.434. The van der Waals surface area contributed by atoms with E-state index in [-0.39, 0.29) is 30.1 Å². The molecule has 0 aliphatic carbocycles. The topological polar surface area (TPSA) is 66.5 Å². The number of amides is 1. The summed E-state index contributed by atoms with van der Waals surface area (Å²) in [5, 5.41) is 0. The Bertz CT molecular complexity index is 1260. The summed E-state index contributed by atoms with van der Waals surface area (Å²) in [5.41, 5.74) is 1.19. The largest absolute Gasteiger partial charge is 0.416 e. The van der Waals surface area contributed by atoms with Gasteiger partial charge in [-0.3, -0.25) is 4.79 Å². The molecular formula is C25H25F3N2O3S. The number of anilines is 1. The van der Waals surface area contributed by atoms with Crippen LogP contribution < -0.4 is 9.62 Å². The first-order valence-electron chi connectivity index (χ1n) is 10.6. The van der Waals surface area contributed by atoms with Gasteiger partial charge >= 0.3 is 6.18 Å². The lowest BCUT2D eigenvalue weighted by Gasteiger charge is -2.25. The Hall–Kier alpha value is -3.17. The summed E-state index contributed by atoms with van der Waals surface area (Å²) in [4.78, 5) is 14.6. The van der Waals surface area contributed by atoms with Gasteiger partial charge in [0.1, 0.15) is 0 Å². The number of aryl methyl sites for hydroxylation is 2. The predicted octanol–water partition coefficient (Wildman–Crippen LogP) is 5.34. The van der Waals surface area contributed by atoms with E-state index in [0.29, 0.717) is 11.1 Å². The molecule has 180 valence electrons. The SMILES string of the molecule is Cc1ccc(S(=O)(=O)NCCCN(C(=O)c2ccccc2C)c2cccc(C(F)(F)F)c2)cc1. The number of hydrogen-bond donors (Lipinski definition) is 1. The van der Waals surface area contributed by atoms with Crippen molar-refractivity contribution in [3.63, 3.8) is 0 Å². The maximum absolute atomic E-state index is 13.3. The molecule has 0 atom stereocenters. The summed E-state index contributed by atoms with van der Waals surface area (Å²) in [6.45, 7) is 3.61. The van der Waals surface area contributed by atoms with E-state index in [4.69, 9.17) is 0 Å². The van der Waals surface area contributed by atoms with Crippen molar-refractivity contribution in [1.82, 2.24) is 4.72 Å². The van der Waals surface area contributed by atoms with Gasteiger partial charge in [0.15, 0.2) is 0 Å². The molecule has 3 aromatic carbocycles. The van der Waals surface area contributed by atoms with Crippen LogP contribution in [0.3, 0.4) is 0 Å². The molecule has 3 aromatic rings. The molecule has 0 saturated heterocycles. The number of nitrogens with zero attached hydrogens (tertiary/aromatic N) is 1. The van der Waals surface area contributed by atoms with Crippen molar-refractivity contribution >= 4 is 21.6 Å². The van der Waals surface area contributed by atoms with Crippen LogP contribution in [0.5, 0.6) is 0 Å². The fourth-order valence-corrected chi connectivity index (χ4v) is 4.47. The van der Waals surface area contributed by atoms with Gasteiger partial charge < -0.3 is 4.90 Å². The molecule has 0 aliphatic heterocycles. The summed E-state index contributed by atoms with van der Waals surface area (Å²) in [6, 6.07) is 17.7. The third-order valence-corrected chi connectivity index (χ3v) is 6.76. The Morgan fingerprint density at radius 3 is 2.26 bits per heavy atom. The van der Waals surface area contributed by atoms with E-state index in [2.05, 4.69) is 4.72 Å². The second-order valence-corrected chi connectivity index (χ2v) is 9.65. The first-order chi connectivity index (χ1) is 16.0. The molecule has 3 rings (SSSR count). The maximum Gasteiger partial charge on any atom is 0.416 e. The third kappa shape index (κ3) is 6.24. The lowest BCUT2D eigenvalue weighted by atomic mass is 10.1. The molecule has 34 heavy (non-hydrogen) atoms. The summed E-state index contributed by atoms with van der Waals surface area (Å²) >= 11 is 0. The normalized spacial score (nSPS) is 11.9. The van der Waals surface area contributed by atoms with Crippen LogP contribution in [0.15, 0.2) is 77.7 Å². The Labute approximate surface area is 197 Å². The molecule has 0 spiro atoms. The van der Waals surface area contributed by atoms with Gasteiger partial charge in [0.05, 0.1) is 10.5 Å². The van der Waals surface area contributed by atoms with Crippen molar-refractivity contribution in [2.24, 2.45) is 0 Å². The number of halogens is 3. The van der Waals surface area contributed by atoms with Crippen molar-refractivity contribution in [1.29, 1.82) is 0 Å². The molecule has 0 aromatic heterocycles. The number of nitrogens with one attached hydrogen (secondary N) is 1. The van der Waals surface area contributed by atoms with Crippen LogP contribution in [0.25, 0.3) is 0 Å². The van der Waals surface area contributed by atoms with Gasteiger partial charge in [0.25, 0.3) is 5.91 Å². The van der Waals surface area contributed by atoms with Gasteiger partial charge in [0, 0.05) is 24.3 Å². The van der Waals surface area contributed by atoms with E-state index in [9.17, 15) is 26.4 Å². The number of carbonyl (C=O) groups excluding carboxylic acids is 1. The average molecular weight is 491 g/mol. The Morgan fingerprint density at radius 2 is 1.62 bits per heavy atom. The molecule has 0 aliphatic rings. The van der Waals surface area contributed by atoms with Gasteiger partial charge in [0.2, 0.25) is 10.0 Å². The van der Waals surface area contributed by atoms with Gasteiger partial charge in [-0.15, -0.1) is 0 Å². The van der Waals surface area contributed by atoms with Crippen molar-refractivity contribution < 1.29 is 26.4 Å². The molecular weight excluding hydrogens is 465 g/mol. The first kappa shape index (κ1) is 25.5. The highest BCUT2D eigenvalue weighted by atomic mass is 32.2. The van der Waals surface area contributed by atoms with Crippen LogP contribution in [0, 0.1) is 13.8 Å². The maximum atomic E-state index is 13.3. The molecule has 0 fully saturated rings. The van der Waals surface area contributed by atoms with Crippen LogP contribution in [0.1, 0.15) is 33.5 Å². The standard InChI is InChI=1S/C25H25F3N2O3S/c1-18-11-13-22(14-12-18)34(32,33)29-15-6-16-30(24(31)23-10-4-3-7-19(23)2)21-9-5-8-20(17-21)25(26,27)28/h3-5,7-14,17,29H,6,15-16H2,1-2H3. The Kier molecular flexibility index (Phi) is 7.78. The lowest BCUT2D eigenvalue weighted by Crippen LogP contribution is -2.35. The summed E-state index contributed by atoms with van der Waals surface area (Å²) < 4.78 is 67.3. The highest BCUT2D eigenvalue weighted by Gasteiger charge is 2.31. The molecule has 0 saturated carbocycles. The van der Waals surface area contributed by atoms with Crippen molar-refractivity contribution in [3.05, 3.63) is 95.1 Å². The molecule has 0 heterocycles. The van der Waals surface area contributed by atoms with E-state index in [1.165, 1.54) is 29.2 Å². The van der Waals surface area contributed by atoms with Gasteiger partial charge in [-0.2, -0.15) is 13.2 Å². The molecule has 9 heteroatoms. The third-order valence-electron chi connectivity index (χ3n) is 5.29. The first-order valence-corrected chi connectivity index (χ1v) is 12.1. The van der Waals surface area contributed by atoms with E-state index in [1.807, 2.05) is 6.92 Å². The van der Waals surface area contributed by atoms with Crippen LogP contribution in [0.4, 0.5) is 18.9 Å². The Morgan fingerprint density at radius 1 is 0.941 bits per heavy atom. The number of rotatable bonds is 8. The minimum Gasteiger partial charge on any atom is -0.308 e. The number of hydrogen-bond acceptors (Lipinski definition) is 3. The van der Waals surface area contributed by atoms with E-state index >= 15 is 0 Å². The minimum atomic E-state index is -4.56. The fourth-order valence-electron chi connectivity index (χ4n) is 3.40. The molecule has 0 unspecified atom stereocenters. The monoisotopic (exact) mass is 490 g/mol. The zero-order valence-corrected chi connectivity index (χ0v) is 19.6. The predicted molar refractivity (Wildman–Crippen MR) is 125 cm³/mol. The lowest BCUT2D eigenvalue weighted by molar-refractivity contribution is -0.137. The van der Waals surface area contributed by atoms with Crippen LogP contribution in [-0.2, 0) is 16.2 Å². The van der Waals surface area contributed by atoms with Gasteiger partial charge in [-0.25, -0.2) is 13.1 Å². The van der Waals surface area contributed by atoms with Gasteiger partial charge in [-0.1, -0.05) is 42.0 Å². The zero-order valence-electron chi connectivity index (χ0n) is 18.8. The molecule has 1 N–H and O–H groups in total. The molecule has 5 nitrogen and oxygen atoms in total.